The number of rotatable bonds is 6. The summed E-state index contributed by atoms with van der Waals surface area (Å²) in [6.07, 6.45) is 2.94. The van der Waals surface area contributed by atoms with Gasteiger partial charge in [-0.1, -0.05) is 27.7 Å². The maximum Gasteiger partial charge on any atom is 0.241 e. The molecule has 0 saturated heterocycles. The van der Waals surface area contributed by atoms with E-state index in [4.69, 9.17) is 0 Å². The van der Waals surface area contributed by atoms with Crippen molar-refractivity contribution in [2.75, 3.05) is 6.54 Å². The van der Waals surface area contributed by atoms with Gasteiger partial charge in [0.05, 0.1) is 6.10 Å². The summed E-state index contributed by atoms with van der Waals surface area (Å²) in [7, 11) is 0. The predicted molar refractivity (Wildman–Crippen MR) is 69.9 cm³/mol. The minimum atomic E-state index is -0.442. The van der Waals surface area contributed by atoms with E-state index in [1.54, 1.807) is 23.1 Å². The number of hydrogen-bond acceptors (Lipinski definition) is 3. The molecule has 0 aliphatic heterocycles. The Kier molecular flexibility index (Phi) is 4.90. The Morgan fingerprint density at radius 2 is 2.17 bits per heavy atom. The van der Waals surface area contributed by atoms with Crippen molar-refractivity contribution in [3.63, 3.8) is 0 Å². The molecule has 1 unspecified atom stereocenters. The number of hydrogen-bond donors (Lipinski definition) is 2. The molecule has 0 aromatic carbocycles. The topological polar surface area (TPSA) is 67.2 Å². The first kappa shape index (κ1) is 14.7. The second-order valence-corrected chi connectivity index (χ2v) is 5.66. The zero-order chi connectivity index (χ0) is 13.8. The third-order valence-corrected chi connectivity index (χ3v) is 3.04. The Morgan fingerprint density at radius 1 is 1.50 bits per heavy atom. The number of amides is 1. The molecule has 0 spiro atoms. The summed E-state index contributed by atoms with van der Waals surface area (Å²) in [6.45, 7) is 8.50. The molecular weight excluding hydrogens is 230 g/mol. The Balaban J connectivity index is 2.42. The fraction of sp³-hybridized carbons (Fsp3) is 0.692. The molecule has 0 fully saturated rings. The van der Waals surface area contributed by atoms with E-state index >= 15 is 0 Å². The van der Waals surface area contributed by atoms with E-state index in [0.29, 0.717) is 6.54 Å². The van der Waals surface area contributed by atoms with Gasteiger partial charge in [-0.2, -0.15) is 5.10 Å². The van der Waals surface area contributed by atoms with Crippen LogP contribution in [0.3, 0.4) is 0 Å². The highest BCUT2D eigenvalue weighted by molar-refractivity contribution is 5.75. The molecule has 18 heavy (non-hydrogen) atoms. The molecule has 102 valence electrons. The summed E-state index contributed by atoms with van der Waals surface area (Å²) in [5, 5.41) is 16.9. The number of aromatic nitrogens is 2. The lowest BCUT2D eigenvalue weighted by Gasteiger charge is -2.33. The van der Waals surface area contributed by atoms with Crippen LogP contribution < -0.4 is 5.32 Å². The lowest BCUT2D eigenvalue weighted by Crippen LogP contribution is -2.44. The van der Waals surface area contributed by atoms with E-state index in [-0.39, 0.29) is 23.8 Å². The van der Waals surface area contributed by atoms with Crippen LogP contribution in [0.2, 0.25) is 0 Å². The molecule has 5 heteroatoms. The van der Waals surface area contributed by atoms with E-state index in [9.17, 15) is 9.90 Å². The van der Waals surface area contributed by atoms with Crippen molar-refractivity contribution in [2.24, 2.45) is 11.3 Å². The van der Waals surface area contributed by atoms with Gasteiger partial charge in [-0.15, -0.1) is 0 Å². The average Bonchev–Trinajstić information content (AvgIpc) is 2.78. The second-order valence-electron chi connectivity index (χ2n) is 5.66. The smallest absolute Gasteiger partial charge is 0.241 e. The SMILES string of the molecule is CC(C)C(O)C(C)(C)CNC(=O)Cn1cccn1. The van der Waals surface area contributed by atoms with Crippen LogP contribution in [0.4, 0.5) is 0 Å². The van der Waals surface area contributed by atoms with Crippen LogP contribution in [0.25, 0.3) is 0 Å². The van der Waals surface area contributed by atoms with Crippen molar-refractivity contribution in [1.82, 2.24) is 15.1 Å². The summed E-state index contributed by atoms with van der Waals surface area (Å²) in [5.41, 5.74) is -0.339. The normalized spacial score (nSPS) is 13.7. The van der Waals surface area contributed by atoms with Gasteiger partial charge in [-0.25, -0.2) is 0 Å². The highest BCUT2D eigenvalue weighted by Gasteiger charge is 2.30. The number of nitrogens with one attached hydrogen (secondary N) is 1. The van der Waals surface area contributed by atoms with E-state index < -0.39 is 6.10 Å². The van der Waals surface area contributed by atoms with Crippen molar-refractivity contribution >= 4 is 5.91 Å². The standard InChI is InChI=1S/C13H23N3O2/c1-10(2)12(18)13(3,4)9-14-11(17)8-16-7-5-6-15-16/h5-7,10,12,18H,8-9H2,1-4H3,(H,14,17). The first-order chi connectivity index (χ1) is 8.33. The Hall–Kier alpha value is -1.36. The Labute approximate surface area is 108 Å². The van der Waals surface area contributed by atoms with E-state index in [0.717, 1.165) is 0 Å². The molecule has 1 atom stereocenters. The fourth-order valence-corrected chi connectivity index (χ4v) is 1.93. The van der Waals surface area contributed by atoms with Gasteiger partial charge in [0.1, 0.15) is 6.54 Å². The zero-order valence-electron chi connectivity index (χ0n) is 11.6. The van der Waals surface area contributed by atoms with Gasteiger partial charge in [-0.05, 0) is 12.0 Å². The molecule has 0 saturated carbocycles. The maximum atomic E-state index is 11.7. The van der Waals surface area contributed by atoms with Gasteiger partial charge < -0.3 is 10.4 Å². The van der Waals surface area contributed by atoms with Crippen LogP contribution in [0.1, 0.15) is 27.7 Å². The number of aliphatic hydroxyl groups excluding tert-OH is 1. The third kappa shape index (κ3) is 4.14. The molecule has 1 amide bonds. The number of nitrogens with zero attached hydrogens (tertiary/aromatic N) is 2. The van der Waals surface area contributed by atoms with Crippen molar-refractivity contribution in [3.05, 3.63) is 18.5 Å². The molecule has 1 aromatic rings. The highest BCUT2D eigenvalue weighted by Crippen LogP contribution is 2.24. The first-order valence-corrected chi connectivity index (χ1v) is 6.25. The van der Waals surface area contributed by atoms with Crippen LogP contribution in [0.15, 0.2) is 18.5 Å². The van der Waals surface area contributed by atoms with E-state index in [2.05, 4.69) is 10.4 Å². The summed E-state index contributed by atoms with van der Waals surface area (Å²) in [4.78, 5) is 11.7. The number of carbonyl (C=O) groups excluding carboxylic acids is 1. The largest absolute Gasteiger partial charge is 0.392 e. The molecule has 5 nitrogen and oxygen atoms in total. The minimum Gasteiger partial charge on any atom is -0.392 e. The van der Waals surface area contributed by atoms with Gasteiger partial charge in [-0.3, -0.25) is 9.48 Å². The third-order valence-electron chi connectivity index (χ3n) is 3.04. The van der Waals surface area contributed by atoms with Crippen LogP contribution in [0.5, 0.6) is 0 Å². The quantitative estimate of drug-likeness (QED) is 0.796. The molecule has 0 bridgehead atoms. The Morgan fingerprint density at radius 3 is 2.67 bits per heavy atom. The van der Waals surface area contributed by atoms with Crippen LogP contribution in [-0.2, 0) is 11.3 Å². The average molecular weight is 253 g/mol. The van der Waals surface area contributed by atoms with Gasteiger partial charge in [0, 0.05) is 24.4 Å². The van der Waals surface area contributed by atoms with Gasteiger partial charge in [0.15, 0.2) is 0 Å². The molecule has 1 rings (SSSR count). The van der Waals surface area contributed by atoms with Crippen LogP contribution >= 0.6 is 0 Å². The minimum absolute atomic E-state index is 0.0947. The molecule has 1 aromatic heterocycles. The van der Waals surface area contributed by atoms with Crippen molar-refractivity contribution in [1.29, 1.82) is 0 Å². The summed E-state index contributed by atoms with van der Waals surface area (Å²) in [5.74, 6) is 0.0748. The molecule has 0 aliphatic rings. The zero-order valence-corrected chi connectivity index (χ0v) is 11.6. The van der Waals surface area contributed by atoms with Gasteiger partial charge in [0.25, 0.3) is 0 Å². The van der Waals surface area contributed by atoms with Crippen LogP contribution in [-0.4, -0.2) is 33.4 Å². The second kappa shape index (κ2) is 6.00. The molecule has 1 heterocycles. The summed E-state index contributed by atoms with van der Waals surface area (Å²) in [6, 6.07) is 1.78. The predicted octanol–water partition coefficient (Wildman–Crippen LogP) is 1.04. The van der Waals surface area contributed by atoms with E-state index in [1.807, 2.05) is 27.7 Å². The monoisotopic (exact) mass is 253 g/mol. The van der Waals surface area contributed by atoms with Crippen molar-refractivity contribution in [2.45, 2.75) is 40.3 Å². The van der Waals surface area contributed by atoms with E-state index in [1.165, 1.54) is 0 Å². The summed E-state index contributed by atoms with van der Waals surface area (Å²) < 4.78 is 1.57. The fourth-order valence-electron chi connectivity index (χ4n) is 1.93. The number of carbonyl (C=O) groups is 1. The lowest BCUT2D eigenvalue weighted by molar-refractivity contribution is -0.122. The van der Waals surface area contributed by atoms with Crippen molar-refractivity contribution in [3.8, 4) is 0 Å². The molecule has 2 N–H and O–H groups in total. The highest BCUT2D eigenvalue weighted by atomic mass is 16.3. The molecule has 0 aliphatic carbocycles. The molecule has 0 radical (unpaired) electrons. The molecular formula is C13H23N3O2. The van der Waals surface area contributed by atoms with Gasteiger partial charge >= 0.3 is 0 Å². The Bertz CT molecular complexity index is 372. The first-order valence-electron chi connectivity index (χ1n) is 6.25. The maximum absolute atomic E-state index is 11.7. The lowest BCUT2D eigenvalue weighted by atomic mass is 9.81. The van der Waals surface area contributed by atoms with Crippen LogP contribution in [0, 0.1) is 11.3 Å². The van der Waals surface area contributed by atoms with Gasteiger partial charge in [0.2, 0.25) is 5.91 Å². The number of aliphatic hydroxyl groups is 1. The van der Waals surface area contributed by atoms with Crippen molar-refractivity contribution < 1.29 is 9.90 Å². The summed E-state index contributed by atoms with van der Waals surface area (Å²) >= 11 is 0.